The number of fused-ring (bicyclic) bond motifs is 1. The summed E-state index contributed by atoms with van der Waals surface area (Å²) in [6, 6.07) is 5.73. The average molecular weight is 205 g/mol. The van der Waals surface area contributed by atoms with Crippen LogP contribution in [0.3, 0.4) is 0 Å². The van der Waals surface area contributed by atoms with E-state index in [9.17, 15) is 9.90 Å². The van der Waals surface area contributed by atoms with Crippen LogP contribution in [0.4, 0.5) is 5.69 Å². The van der Waals surface area contributed by atoms with Crippen molar-refractivity contribution in [2.24, 2.45) is 0 Å². The van der Waals surface area contributed by atoms with Gasteiger partial charge in [0.1, 0.15) is 0 Å². The van der Waals surface area contributed by atoms with E-state index < -0.39 is 6.10 Å². The van der Waals surface area contributed by atoms with Gasteiger partial charge in [-0.25, -0.2) is 0 Å². The molecule has 0 aliphatic carbocycles. The van der Waals surface area contributed by atoms with E-state index in [-0.39, 0.29) is 5.91 Å². The van der Waals surface area contributed by atoms with E-state index in [1.54, 1.807) is 11.8 Å². The van der Waals surface area contributed by atoms with Gasteiger partial charge in [-0.3, -0.25) is 4.79 Å². The molecule has 0 spiro atoms. The van der Waals surface area contributed by atoms with Crippen LogP contribution < -0.4 is 4.90 Å². The molecule has 1 N–H and O–H groups in total. The Morgan fingerprint density at radius 1 is 1.53 bits per heavy atom. The molecule has 15 heavy (non-hydrogen) atoms. The Labute approximate surface area is 89.3 Å². The Morgan fingerprint density at radius 3 is 2.87 bits per heavy atom. The molecule has 3 heteroatoms. The number of amides is 1. The van der Waals surface area contributed by atoms with Crippen molar-refractivity contribution in [1.29, 1.82) is 0 Å². The number of rotatable bonds is 2. The zero-order valence-electron chi connectivity index (χ0n) is 9.03. The fourth-order valence-corrected chi connectivity index (χ4v) is 2.01. The van der Waals surface area contributed by atoms with Crippen LogP contribution in [-0.2, 0) is 11.2 Å². The highest BCUT2D eigenvalue weighted by molar-refractivity contribution is 6.01. The van der Waals surface area contributed by atoms with Crippen LogP contribution in [0, 0.1) is 0 Å². The Hall–Kier alpha value is -1.35. The van der Waals surface area contributed by atoms with Gasteiger partial charge in [0.15, 0.2) is 0 Å². The smallest absolute Gasteiger partial charge is 0.231 e. The summed E-state index contributed by atoms with van der Waals surface area (Å²) in [5.41, 5.74) is 2.90. The minimum absolute atomic E-state index is 0.148. The van der Waals surface area contributed by atoms with Gasteiger partial charge in [-0.2, -0.15) is 0 Å². The van der Waals surface area contributed by atoms with Gasteiger partial charge in [-0.05, 0) is 31.0 Å². The lowest BCUT2D eigenvalue weighted by molar-refractivity contribution is -0.117. The average Bonchev–Trinajstić information content (AvgIpc) is 2.51. The van der Waals surface area contributed by atoms with Gasteiger partial charge >= 0.3 is 0 Å². The lowest BCUT2D eigenvalue weighted by Gasteiger charge is -2.15. The van der Waals surface area contributed by atoms with Gasteiger partial charge in [-0.1, -0.05) is 12.1 Å². The number of carbonyl (C=O) groups is 1. The molecule has 3 nitrogen and oxygen atoms in total. The normalized spacial score (nSPS) is 16.7. The van der Waals surface area contributed by atoms with Crippen molar-refractivity contribution in [2.45, 2.75) is 26.4 Å². The maximum Gasteiger partial charge on any atom is 0.231 e. The van der Waals surface area contributed by atoms with E-state index in [4.69, 9.17) is 0 Å². The highest BCUT2D eigenvalue weighted by Crippen LogP contribution is 2.30. The third-order valence-corrected chi connectivity index (χ3v) is 2.84. The molecule has 0 aromatic heterocycles. The van der Waals surface area contributed by atoms with Crippen molar-refractivity contribution in [3.63, 3.8) is 0 Å². The summed E-state index contributed by atoms with van der Waals surface area (Å²) in [6.07, 6.45) is -0.00919. The zero-order valence-corrected chi connectivity index (χ0v) is 9.03. The maximum atomic E-state index is 11.6. The van der Waals surface area contributed by atoms with E-state index >= 15 is 0 Å². The third-order valence-electron chi connectivity index (χ3n) is 2.84. The first kappa shape index (κ1) is 10.2. The van der Waals surface area contributed by atoms with Gasteiger partial charge in [-0.15, -0.1) is 0 Å². The Bertz CT molecular complexity index is 399. The molecular weight excluding hydrogens is 190 g/mol. The van der Waals surface area contributed by atoms with Crippen LogP contribution in [0.15, 0.2) is 18.2 Å². The van der Waals surface area contributed by atoms with E-state index in [1.165, 1.54) is 0 Å². The number of aliphatic hydroxyl groups excluding tert-OH is 1. The minimum Gasteiger partial charge on any atom is -0.389 e. The number of hydrogen-bond acceptors (Lipinski definition) is 2. The van der Waals surface area contributed by atoms with Crippen molar-refractivity contribution in [3.8, 4) is 0 Å². The number of aliphatic hydroxyl groups is 1. The monoisotopic (exact) mass is 205 g/mol. The van der Waals surface area contributed by atoms with Crippen molar-refractivity contribution < 1.29 is 9.90 Å². The van der Waals surface area contributed by atoms with Crippen LogP contribution in [0.25, 0.3) is 0 Å². The second kappa shape index (κ2) is 3.66. The molecule has 1 heterocycles. The van der Waals surface area contributed by atoms with E-state index in [2.05, 4.69) is 0 Å². The van der Waals surface area contributed by atoms with E-state index in [0.29, 0.717) is 13.0 Å². The second-order valence-electron chi connectivity index (χ2n) is 3.88. The predicted octanol–water partition coefficient (Wildman–Crippen LogP) is 1.65. The van der Waals surface area contributed by atoms with Crippen molar-refractivity contribution in [3.05, 3.63) is 29.3 Å². The van der Waals surface area contributed by atoms with Crippen LogP contribution >= 0.6 is 0 Å². The van der Waals surface area contributed by atoms with Crippen molar-refractivity contribution >= 4 is 11.6 Å². The Kier molecular flexibility index (Phi) is 2.49. The summed E-state index contributed by atoms with van der Waals surface area (Å²) in [4.78, 5) is 13.4. The fraction of sp³-hybridized carbons (Fsp3) is 0.417. The molecule has 1 unspecified atom stereocenters. The fourth-order valence-electron chi connectivity index (χ4n) is 2.01. The second-order valence-corrected chi connectivity index (χ2v) is 3.88. The van der Waals surface area contributed by atoms with E-state index in [1.807, 2.05) is 25.1 Å². The summed E-state index contributed by atoms with van der Waals surface area (Å²) in [7, 11) is 0. The summed E-state index contributed by atoms with van der Waals surface area (Å²) < 4.78 is 0. The molecule has 0 bridgehead atoms. The van der Waals surface area contributed by atoms with Crippen molar-refractivity contribution in [2.75, 3.05) is 11.4 Å². The third kappa shape index (κ3) is 1.63. The number of likely N-dealkylation sites (N-methyl/N-ethyl adjacent to an activating group) is 1. The first-order valence-corrected chi connectivity index (χ1v) is 5.24. The molecule has 1 aromatic rings. The maximum absolute atomic E-state index is 11.6. The lowest BCUT2D eigenvalue weighted by atomic mass is 10.1. The number of benzene rings is 1. The molecule has 1 aromatic carbocycles. The van der Waals surface area contributed by atoms with Gasteiger partial charge in [0.2, 0.25) is 5.91 Å². The predicted molar refractivity (Wildman–Crippen MR) is 58.8 cm³/mol. The molecule has 1 aliphatic rings. The molecule has 0 saturated carbocycles. The molecule has 0 fully saturated rings. The summed E-state index contributed by atoms with van der Waals surface area (Å²) in [6.45, 7) is 4.41. The standard InChI is InChI=1S/C12H15NO2/c1-3-13-11-5-4-9(8(2)14)6-10(11)7-12(13)15/h4-6,8,14H,3,7H2,1-2H3. The minimum atomic E-state index is -0.471. The molecular formula is C12H15NO2. The first-order chi connectivity index (χ1) is 7.13. The zero-order chi connectivity index (χ0) is 11.0. The van der Waals surface area contributed by atoms with Crippen LogP contribution in [-0.4, -0.2) is 17.6 Å². The molecule has 0 saturated heterocycles. The number of carbonyl (C=O) groups excluding carboxylic acids is 1. The SMILES string of the molecule is CCN1C(=O)Cc2cc(C(C)O)ccc21. The molecule has 1 aliphatic heterocycles. The summed E-state index contributed by atoms with van der Waals surface area (Å²) >= 11 is 0. The molecule has 0 radical (unpaired) electrons. The Balaban J connectivity index is 2.41. The van der Waals surface area contributed by atoms with Gasteiger partial charge in [0.05, 0.1) is 12.5 Å². The van der Waals surface area contributed by atoms with Gasteiger partial charge in [0.25, 0.3) is 0 Å². The van der Waals surface area contributed by atoms with Crippen LogP contribution in [0.5, 0.6) is 0 Å². The van der Waals surface area contributed by atoms with Crippen LogP contribution in [0.2, 0.25) is 0 Å². The summed E-state index contributed by atoms with van der Waals surface area (Å²) in [5, 5.41) is 9.45. The molecule has 80 valence electrons. The topological polar surface area (TPSA) is 40.5 Å². The number of anilines is 1. The van der Waals surface area contributed by atoms with Gasteiger partial charge in [0, 0.05) is 12.2 Å². The highest BCUT2D eigenvalue weighted by atomic mass is 16.3. The summed E-state index contributed by atoms with van der Waals surface area (Å²) in [5.74, 6) is 0.148. The largest absolute Gasteiger partial charge is 0.389 e. The van der Waals surface area contributed by atoms with Crippen LogP contribution in [0.1, 0.15) is 31.1 Å². The highest BCUT2D eigenvalue weighted by Gasteiger charge is 2.25. The molecule has 2 rings (SSSR count). The quantitative estimate of drug-likeness (QED) is 0.797. The van der Waals surface area contributed by atoms with Gasteiger partial charge < -0.3 is 10.0 Å². The lowest BCUT2D eigenvalue weighted by Crippen LogP contribution is -2.25. The molecule has 1 amide bonds. The van der Waals surface area contributed by atoms with Crippen molar-refractivity contribution in [1.82, 2.24) is 0 Å². The molecule has 1 atom stereocenters. The Morgan fingerprint density at radius 2 is 2.27 bits per heavy atom. The first-order valence-electron chi connectivity index (χ1n) is 5.24. The number of nitrogens with zero attached hydrogens (tertiary/aromatic N) is 1. The van der Waals surface area contributed by atoms with E-state index in [0.717, 1.165) is 16.8 Å². The number of hydrogen-bond donors (Lipinski definition) is 1.